The lowest BCUT2D eigenvalue weighted by Gasteiger charge is -2.25. The summed E-state index contributed by atoms with van der Waals surface area (Å²) < 4.78 is 14.7. The number of nitrogens with one attached hydrogen (secondary N) is 1. The molecule has 0 fully saturated rings. The molecule has 0 spiro atoms. The highest BCUT2D eigenvalue weighted by atomic mass is 16.5. The van der Waals surface area contributed by atoms with Crippen molar-refractivity contribution in [3.8, 4) is 22.8 Å². The normalized spacial score (nSPS) is 13.2. The van der Waals surface area contributed by atoms with Crippen molar-refractivity contribution in [3.63, 3.8) is 0 Å². The van der Waals surface area contributed by atoms with E-state index >= 15 is 0 Å². The minimum absolute atomic E-state index is 0.0732. The maximum absolute atomic E-state index is 14.1. The second-order valence-corrected chi connectivity index (χ2v) is 10.5. The van der Waals surface area contributed by atoms with Crippen molar-refractivity contribution in [1.82, 2.24) is 19.5 Å². The van der Waals surface area contributed by atoms with E-state index in [0.717, 1.165) is 44.2 Å². The number of fused-ring (bicyclic) bond motifs is 3. The molecule has 1 aliphatic rings. The van der Waals surface area contributed by atoms with Gasteiger partial charge in [-0.05, 0) is 62.9 Å². The molecule has 0 saturated carbocycles. The molecule has 1 aromatic heterocycles. The van der Waals surface area contributed by atoms with E-state index in [4.69, 9.17) is 26.0 Å². The fraction of sp³-hybridized carbons (Fsp3) is 0.387. The van der Waals surface area contributed by atoms with Gasteiger partial charge in [-0.1, -0.05) is 17.7 Å². The second kappa shape index (κ2) is 13.2. The van der Waals surface area contributed by atoms with Crippen LogP contribution >= 0.6 is 0 Å². The van der Waals surface area contributed by atoms with Crippen LogP contribution in [0.3, 0.4) is 0 Å². The Morgan fingerprint density at radius 2 is 1.84 bits per heavy atom. The number of aliphatic hydroxyl groups is 1. The first-order chi connectivity index (χ1) is 20.5. The number of carbonyl (C=O) groups excluding carboxylic acids is 1. The number of methoxy groups -OCH3 is 1. The maximum atomic E-state index is 14.1. The van der Waals surface area contributed by atoms with Crippen LogP contribution in [-0.2, 0) is 24.3 Å². The summed E-state index contributed by atoms with van der Waals surface area (Å²) in [4.78, 5) is 31.9. The number of nitrogens with zero attached hydrogens (tertiary/aromatic N) is 4. The maximum Gasteiger partial charge on any atom is 0.330 e. The quantitative estimate of drug-likeness (QED) is 0.121. The van der Waals surface area contributed by atoms with Gasteiger partial charge in [0, 0.05) is 38.3 Å². The summed E-state index contributed by atoms with van der Waals surface area (Å²) in [6.07, 6.45) is 0.630. The summed E-state index contributed by atoms with van der Waals surface area (Å²) in [5, 5.41) is 13.8. The zero-order valence-electron chi connectivity index (χ0n) is 25.7. The Hall–Kier alpha value is -4.55. The highest BCUT2D eigenvalue weighted by Crippen LogP contribution is 2.37. The third-order valence-corrected chi connectivity index (χ3v) is 7.38. The topological polar surface area (TPSA) is 162 Å². The number of aromatic nitrogens is 2. The predicted octanol–water partition coefficient (Wildman–Crippen LogP) is 2.09. The van der Waals surface area contributed by atoms with Crippen molar-refractivity contribution >= 4 is 11.6 Å². The largest absolute Gasteiger partial charge is 0.509 e. The van der Waals surface area contributed by atoms with E-state index in [-0.39, 0.29) is 36.8 Å². The monoisotopic (exact) mass is 591 g/mol. The minimum Gasteiger partial charge on any atom is -0.509 e. The Kier molecular flexibility index (Phi) is 9.62. The molecular weight excluding hydrogens is 550 g/mol. The highest BCUT2D eigenvalue weighted by molar-refractivity contribution is 5.93. The second-order valence-electron chi connectivity index (χ2n) is 10.5. The van der Waals surface area contributed by atoms with Crippen LogP contribution in [0.2, 0.25) is 0 Å². The van der Waals surface area contributed by atoms with Gasteiger partial charge in [0.2, 0.25) is 0 Å². The van der Waals surface area contributed by atoms with Crippen molar-refractivity contribution in [2.75, 3.05) is 33.9 Å². The summed E-state index contributed by atoms with van der Waals surface area (Å²) in [6.45, 7) is 8.85. The van der Waals surface area contributed by atoms with Gasteiger partial charge < -0.3 is 30.6 Å². The van der Waals surface area contributed by atoms with Crippen LogP contribution in [0.5, 0.6) is 11.5 Å². The molecule has 12 heteroatoms. The molecule has 230 valence electrons. The number of hydrogen-bond donors (Lipinski definition) is 4. The number of amides is 1. The van der Waals surface area contributed by atoms with Crippen LogP contribution in [-0.4, -0.2) is 59.0 Å². The summed E-state index contributed by atoms with van der Waals surface area (Å²) in [5.41, 5.74) is 12.0. The number of ether oxygens (including phenoxy) is 2. The van der Waals surface area contributed by atoms with Crippen LogP contribution in [0, 0.1) is 20.8 Å². The van der Waals surface area contributed by atoms with Gasteiger partial charge in [-0.2, -0.15) is 0 Å². The molecule has 3 aromatic rings. The lowest BCUT2D eigenvalue weighted by atomic mass is 9.97. The molecule has 1 amide bonds. The molecule has 0 atom stereocenters. The lowest BCUT2D eigenvalue weighted by Crippen LogP contribution is -2.45. The zero-order chi connectivity index (χ0) is 31.4. The van der Waals surface area contributed by atoms with Crippen molar-refractivity contribution in [2.45, 2.75) is 47.2 Å². The van der Waals surface area contributed by atoms with Crippen LogP contribution in [0.4, 0.5) is 5.69 Å². The Balaban J connectivity index is 1.86. The Morgan fingerprint density at radius 1 is 1.14 bits per heavy atom. The molecule has 12 nitrogen and oxygen atoms in total. The van der Waals surface area contributed by atoms with Gasteiger partial charge in [0.25, 0.3) is 5.91 Å². The van der Waals surface area contributed by atoms with E-state index in [1.807, 2.05) is 45.9 Å². The minimum atomic E-state index is -0.610. The Bertz CT molecular complexity index is 1680. The summed E-state index contributed by atoms with van der Waals surface area (Å²) >= 11 is 0. The molecule has 0 unspecified atom stereocenters. The first-order valence-electron chi connectivity index (χ1n) is 14.2. The van der Waals surface area contributed by atoms with Crippen LogP contribution < -0.4 is 37.5 Å². The van der Waals surface area contributed by atoms with Gasteiger partial charge in [-0.3, -0.25) is 13.9 Å². The zero-order valence-corrected chi connectivity index (χ0v) is 25.7. The van der Waals surface area contributed by atoms with Gasteiger partial charge in [0.15, 0.2) is 17.2 Å². The van der Waals surface area contributed by atoms with Crippen molar-refractivity contribution in [1.29, 1.82) is 0 Å². The summed E-state index contributed by atoms with van der Waals surface area (Å²) in [7, 11) is 3.02. The smallest absolute Gasteiger partial charge is 0.330 e. The molecule has 4 rings (SSSR count). The Morgan fingerprint density at radius 3 is 2.44 bits per heavy atom. The average Bonchev–Trinajstić information content (AvgIpc) is 2.95. The number of rotatable bonds is 10. The predicted molar refractivity (Wildman–Crippen MR) is 165 cm³/mol. The fourth-order valence-corrected chi connectivity index (χ4v) is 5.49. The van der Waals surface area contributed by atoms with E-state index in [2.05, 4.69) is 17.4 Å². The third kappa shape index (κ3) is 6.45. The first kappa shape index (κ1) is 31.4. The number of likely N-dealkylation sites (N-methyl/N-ethyl adjacent to an activating group) is 1. The molecule has 0 radical (unpaired) electrons. The van der Waals surface area contributed by atoms with Gasteiger partial charge >= 0.3 is 5.69 Å². The number of hydrazine groups is 1. The summed E-state index contributed by atoms with van der Waals surface area (Å²) in [5.74, 6) is 6.03. The van der Waals surface area contributed by atoms with E-state index in [1.165, 1.54) is 7.05 Å². The molecule has 2 aromatic carbocycles. The molecular formula is C31H41N7O5. The van der Waals surface area contributed by atoms with Crippen molar-refractivity contribution < 1.29 is 19.4 Å². The van der Waals surface area contributed by atoms with E-state index in [9.17, 15) is 14.7 Å². The SMILES string of the molecule is CCOc1cc2c(cc1OC)-c1cc(=Nc3c(C)cc(C)cc3C)n(CCNC(=O)/C(=C(\O)CN)N(C)N)c(=O)n1CC2. The summed E-state index contributed by atoms with van der Waals surface area (Å²) in [6, 6.07) is 9.89. The van der Waals surface area contributed by atoms with Crippen LogP contribution in [0.1, 0.15) is 29.2 Å². The lowest BCUT2D eigenvalue weighted by molar-refractivity contribution is -0.119. The molecule has 0 bridgehead atoms. The van der Waals surface area contributed by atoms with Gasteiger partial charge in [0.05, 0.1) is 31.6 Å². The molecule has 6 N–H and O–H groups in total. The first-order valence-corrected chi connectivity index (χ1v) is 14.2. The standard InChI is InChI=1S/C31H41N7O5/c1-7-43-26-14-21-8-10-37-23(22(21)15-25(26)42-6)16-27(35-28-19(3)12-18(2)13-20(28)4)38(31(37)41)11-9-34-30(40)29(36(5)33)24(39)17-32/h12-16,39H,7-11,17,32-33H2,1-6H3,(H,34,40)/b29-24+,35-27?. The van der Waals surface area contributed by atoms with Gasteiger partial charge in [0.1, 0.15) is 11.2 Å². The number of aliphatic hydroxyl groups excluding tert-OH is 1. The van der Waals surface area contributed by atoms with Crippen molar-refractivity contribution in [3.05, 3.63) is 80.0 Å². The number of aryl methyl sites for hydroxylation is 4. The van der Waals surface area contributed by atoms with Gasteiger partial charge in [-0.15, -0.1) is 0 Å². The van der Waals surface area contributed by atoms with E-state index in [1.54, 1.807) is 16.2 Å². The number of carbonyl (C=O) groups is 1. The molecule has 0 saturated heterocycles. The number of benzene rings is 2. The molecule has 2 heterocycles. The van der Waals surface area contributed by atoms with Crippen LogP contribution in [0.25, 0.3) is 11.3 Å². The molecule has 1 aliphatic heterocycles. The van der Waals surface area contributed by atoms with Crippen LogP contribution in [0.15, 0.2) is 51.6 Å². The highest BCUT2D eigenvalue weighted by Gasteiger charge is 2.23. The average molecular weight is 592 g/mol. The third-order valence-electron chi connectivity index (χ3n) is 7.38. The van der Waals surface area contributed by atoms with Gasteiger partial charge in [-0.25, -0.2) is 15.6 Å². The fourth-order valence-electron chi connectivity index (χ4n) is 5.49. The number of hydrogen-bond acceptors (Lipinski definition) is 9. The van der Waals surface area contributed by atoms with E-state index in [0.29, 0.717) is 36.6 Å². The number of nitrogens with two attached hydrogens (primary N) is 2. The van der Waals surface area contributed by atoms with E-state index < -0.39 is 5.91 Å². The van der Waals surface area contributed by atoms with Crippen molar-refractivity contribution in [2.24, 2.45) is 16.6 Å². The Labute approximate surface area is 250 Å². The molecule has 43 heavy (non-hydrogen) atoms. The molecule has 0 aliphatic carbocycles.